The second-order valence-electron chi connectivity index (χ2n) is 2.88. The lowest BCUT2D eigenvalue weighted by molar-refractivity contribution is 0.134. The molecule has 1 heterocycles. The Morgan fingerprint density at radius 1 is 1.58 bits per heavy atom. The first-order chi connectivity index (χ1) is 5.79. The van der Waals surface area contributed by atoms with Gasteiger partial charge in [-0.05, 0) is 17.7 Å². The highest BCUT2D eigenvalue weighted by atomic mass is 79.9. The first-order valence-electron chi connectivity index (χ1n) is 3.85. The molecule has 1 unspecified atom stereocenters. The molecule has 64 valence electrons. The molecule has 0 amide bonds. The molecule has 0 aliphatic carbocycles. The summed E-state index contributed by atoms with van der Waals surface area (Å²) in [4.78, 5) is 0. The van der Waals surface area contributed by atoms with Crippen LogP contribution in [0.2, 0.25) is 0 Å². The van der Waals surface area contributed by atoms with Gasteiger partial charge in [0, 0.05) is 10.9 Å². The number of rotatable bonds is 1. The van der Waals surface area contributed by atoms with Crippen molar-refractivity contribution in [3.8, 4) is 5.75 Å². The molecule has 0 bridgehead atoms. The molecule has 0 saturated carbocycles. The predicted molar refractivity (Wildman–Crippen MR) is 49.3 cm³/mol. The fraction of sp³-hybridized carbons (Fsp3) is 0.333. The normalized spacial score (nSPS) is 20.3. The summed E-state index contributed by atoms with van der Waals surface area (Å²) in [5.41, 5.74) is 1.18. The van der Waals surface area contributed by atoms with Crippen molar-refractivity contribution < 1.29 is 9.84 Å². The number of aliphatic hydroxyl groups is 1. The molecule has 12 heavy (non-hydrogen) atoms. The van der Waals surface area contributed by atoms with Crippen molar-refractivity contribution in [3.05, 3.63) is 28.2 Å². The van der Waals surface area contributed by atoms with E-state index in [-0.39, 0.29) is 12.7 Å². The Morgan fingerprint density at radius 2 is 2.42 bits per heavy atom. The molecule has 0 fully saturated rings. The van der Waals surface area contributed by atoms with Gasteiger partial charge in [-0.1, -0.05) is 22.0 Å². The van der Waals surface area contributed by atoms with E-state index in [0.717, 1.165) is 16.6 Å². The largest absolute Gasteiger partial charge is 0.487 e. The van der Waals surface area contributed by atoms with Crippen LogP contribution < -0.4 is 4.74 Å². The lowest BCUT2D eigenvalue weighted by atomic mass is 10.1. The second-order valence-corrected chi connectivity index (χ2v) is 3.79. The van der Waals surface area contributed by atoms with E-state index in [9.17, 15) is 0 Å². The standard InChI is InChI=1S/C9H9BrO2/c10-7-2-1-6-3-8(5-11)12-9(6)4-7/h1-2,4,8,11H,3,5H2. The summed E-state index contributed by atoms with van der Waals surface area (Å²) in [6, 6.07) is 5.95. The van der Waals surface area contributed by atoms with E-state index in [1.807, 2.05) is 18.2 Å². The van der Waals surface area contributed by atoms with Crippen molar-refractivity contribution >= 4 is 15.9 Å². The third-order valence-electron chi connectivity index (χ3n) is 1.97. The smallest absolute Gasteiger partial charge is 0.126 e. The van der Waals surface area contributed by atoms with Crippen molar-refractivity contribution in [1.29, 1.82) is 0 Å². The van der Waals surface area contributed by atoms with Crippen LogP contribution in [0.3, 0.4) is 0 Å². The van der Waals surface area contributed by atoms with Crippen molar-refractivity contribution in [3.63, 3.8) is 0 Å². The Morgan fingerprint density at radius 3 is 3.17 bits per heavy atom. The molecule has 0 radical (unpaired) electrons. The Labute approximate surface area is 79.3 Å². The molecule has 2 nitrogen and oxygen atoms in total. The highest BCUT2D eigenvalue weighted by molar-refractivity contribution is 9.10. The van der Waals surface area contributed by atoms with E-state index in [1.54, 1.807) is 0 Å². The summed E-state index contributed by atoms with van der Waals surface area (Å²) in [6.07, 6.45) is 0.772. The predicted octanol–water partition coefficient (Wildman–Crippen LogP) is 1.74. The van der Waals surface area contributed by atoms with Crippen molar-refractivity contribution in [2.45, 2.75) is 12.5 Å². The third kappa shape index (κ3) is 1.34. The highest BCUT2D eigenvalue weighted by Crippen LogP contribution is 2.31. The molecular formula is C9H9BrO2. The van der Waals surface area contributed by atoms with Crippen LogP contribution in [-0.4, -0.2) is 17.8 Å². The van der Waals surface area contributed by atoms with Crippen LogP contribution >= 0.6 is 15.9 Å². The van der Waals surface area contributed by atoms with Gasteiger partial charge in [0.15, 0.2) is 0 Å². The third-order valence-corrected chi connectivity index (χ3v) is 2.47. The molecule has 1 aromatic rings. The zero-order chi connectivity index (χ0) is 8.55. The topological polar surface area (TPSA) is 29.5 Å². The summed E-state index contributed by atoms with van der Waals surface area (Å²) < 4.78 is 6.47. The van der Waals surface area contributed by atoms with Crippen molar-refractivity contribution in [2.24, 2.45) is 0 Å². The van der Waals surface area contributed by atoms with Crippen LogP contribution in [0.25, 0.3) is 0 Å². The summed E-state index contributed by atoms with van der Waals surface area (Å²) in [5.74, 6) is 0.892. The van der Waals surface area contributed by atoms with E-state index in [4.69, 9.17) is 9.84 Å². The summed E-state index contributed by atoms with van der Waals surface area (Å²) in [7, 11) is 0. The van der Waals surface area contributed by atoms with Gasteiger partial charge in [0.25, 0.3) is 0 Å². The minimum absolute atomic E-state index is 0.0469. The quantitative estimate of drug-likeness (QED) is 0.794. The van der Waals surface area contributed by atoms with Crippen molar-refractivity contribution in [1.82, 2.24) is 0 Å². The minimum atomic E-state index is -0.0469. The van der Waals surface area contributed by atoms with Gasteiger partial charge in [-0.25, -0.2) is 0 Å². The average molecular weight is 229 g/mol. The van der Waals surface area contributed by atoms with Gasteiger partial charge in [0.05, 0.1) is 6.61 Å². The van der Waals surface area contributed by atoms with E-state index in [0.29, 0.717) is 0 Å². The zero-order valence-electron chi connectivity index (χ0n) is 6.46. The molecule has 1 N–H and O–H groups in total. The lowest BCUT2D eigenvalue weighted by Crippen LogP contribution is -2.17. The maximum atomic E-state index is 8.87. The molecule has 2 rings (SSSR count). The van der Waals surface area contributed by atoms with E-state index in [1.165, 1.54) is 5.56 Å². The number of fused-ring (bicyclic) bond motifs is 1. The SMILES string of the molecule is OCC1Cc2ccc(Br)cc2O1. The highest BCUT2D eigenvalue weighted by Gasteiger charge is 2.21. The van der Waals surface area contributed by atoms with Gasteiger partial charge in [-0.3, -0.25) is 0 Å². The Kier molecular flexibility index (Phi) is 2.07. The Hall–Kier alpha value is -0.540. The number of halogens is 1. The molecule has 0 aromatic heterocycles. The first kappa shape index (κ1) is 8.08. The lowest BCUT2D eigenvalue weighted by Gasteiger charge is -2.04. The van der Waals surface area contributed by atoms with Crippen LogP contribution in [-0.2, 0) is 6.42 Å². The molecule has 3 heteroatoms. The molecule has 0 saturated heterocycles. The van der Waals surface area contributed by atoms with Crippen molar-refractivity contribution in [2.75, 3.05) is 6.61 Å². The van der Waals surface area contributed by atoms with Gasteiger partial charge in [-0.15, -0.1) is 0 Å². The number of hydrogen-bond acceptors (Lipinski definition) is 2. The fourth-order valence-corrected chi connectivity index (χ4v) is 1.72. The minimum Gasteiger partial charge on any atom is -0.487 e. The van der Waals surface area contributed by atoms with Gasteiger partial charge in [0.1, 0.15) is 11.9 Å². The summed E-state index contributed by atoms with van der Waals surface area (Å²) in [6.45, 7) is 0.0896. The number of aliphatic hydroxyl groups excluding tert-OH is 1. The number of benzene rings is 1. The maximum absolute atomic E-state index is 8.87. The van der Waals surface area contributed by atoms with Gasteiger partial charge >= 0.3 is 0 Å². The molecule has 1 aliphatic rings. The first-order valence-corrected chi connectivity index (χ1v) is 4.65. The second kappa shape index (κ2) is 3.07. The molecular weight excluding hydrogens is 220 g/mol. The Balaban J connectivity index is 2.30. The number of hydrogen-bond donors (Lipinski definition) is 1. The summed E-state index contributed by atoms with van der Waals surface area (Å²) in [5, 5.41) is 8.87. The fourth-order valence-electron chi connectivity index (χ4n) is 1.38. The van der Waals surface area contributed by atoms with E-state index < -0.39 is 0 Å². The number of ether oxygens (including phenoxy) is 1. The van der Waals surface area contributed by atoms with Gasteiger partial charge < -0.3 is 9.84 Å². The van der Waals surface area contributed by atoms with Crippen LogP contribution in [0.4, 0.5) is 0 Å². The van der Waals surface area contributed by atoms with Crippen LogP contribution in [0.1, 0.15) is 5.56 Å². The van der Waals surface area contributed by atoms with Gasteiger partial charge in [0.2, 0.25) is 0 Å². The zero-order valence-corrected chi connectivity index (χ0v) is 8.04. The Bertz CT molecular complexity index is 299. The summed E-state index contributed by atoms with van der Waals surface area (Å²) >= 11 is 3.36. The molecule has 1 atom stereocenters. The van der Waals surface area contributed by atoms with Gasteiger partial charge in [-0.2, -0.15) is 0 Å². The van der Waals surface area contributed by atoms with Crippen LogP contribution in [0, 0.1) is 0 Å². The monoisotopic (exact) mass is 228 g/mol. The van der Waals surface area contributed by atoms with Crippen LogP contribution in [0.15, 0.2) is 22.7 Å². The maximum Gasteiger partial charge on any atom is 0.126 e. The molecule has 0 spiro atoms. The molecule has 1 aromatic carbocycles. The average Bonchev–Trinajstić information content (AvgIpc) is 2.46. The van der Waals surface area contributed by atoms with E-state index >= 15 is 0 Å². The molecule has 1 aliphatic heterocycles. The van der Waals surface area contributed by atoms with E-state index in [2.05, 4.69) is 15.9 Å². The van der Waals surface area contributed by atoms with Crippen LogP contribution in [0.5, 0.6) is 5.75 Å².